The molecule has 96 valence electrons. The number of hydrogen-bond donors (Lipinski definition) is 0. The van der Waals surface area contributed by atoms with Gasteiger partial charge in [-0.25, -0.2) is 0 Å². The normalized spacial score (nSPS) is 9.28. The summed E-state index contributed by atoms with van der Waals surface area (Å²) in [5.74, 6) is 0.258. The number of carbonyl (C=O) groups excluding carboxylic acids is 1. The Morgan fingerprint density at radius 2 is 1.78 bits per heavy atom. The van der Waals surface area contributed by atoms with Crippen molar-refractivity contribution in [2.24, 2.45) is 0 Å². The van der Waals surface area contributed by atoms with Gasteiger partial charge in [-0.05, 0) is 35.9 Å². The molecule has 1 aromatic carbocycles. The highest BCUT2D eigenvalue weighted by molar-refractivity contribution is 7.80. The molecule has 0 radical (unpaired) electrons. The third kappa shape index (κ3) is 4.33. The van der Waals surface area contributed by atoms with Crippen molar-refractivity contribution in [3.8, 4) is 16.2 Å². The molecule has 0 N–H and O–H groups in total. The van der Waals surface area contributed by atoms with Crippen molar-refractivity contribution in [1.29, 1.82) is 0 Å². The van der Waals surface area contributed by atoms with Crippen molar-refractivity contribution < 1.29 is 9.53 Å². The van der Waals surface area contributed by atoms with Crippen LogP contribution in [0.5, 0.6) is 5.75 Å². The van der Waals surface area contributed by atoms with E-state index in [0.717, 1.165) is 14.3 Å². The minimum Gasteiger partial charge on any atom is -0.427 e. The number of esters is 1. The van der Waals surface area contributed by atoms with Gasteiger partial charge in [0, 0.05) is 11.8 Å². The maximum atomic E-state index is 10.7. The predicted octanol–water partition coefficient (Wildman–Crippen LogP) is 5.16. The molecular formula is C13H14O2S3. The molecule has 0 unspecified atom stereocenters. The molecule has 0 atom stereocenters. The van der Waals surface area contributed by atoms with Gasteiger partial charge in [-0.3, -0.25) is 4.79 Å². The Kier molecular flexibility index (Phi) is 6.18. The highest BCUT2D eigenvalue weighted by atomic mass is 32.9. The molecule has 2 rings (SSSR count). The van der Waals surface area contributed by atoms with E-state index >= 15 is 0 Å². The van der Waals surface area contributed by atoms with Gasteiger partial charge in [0.05, 0.1) is 0 Å². The van der Waals surface area contributed by atoms with Crippen molar-refractivity contribution >= 4 is 38.9 Å². The van der Waals surface area contributed by atoms with Crippen LogP contribution in [0.4, 0.5) is 0 Å². The average Bonchev–Trinajstić information content (AvgIpc) is 2.79. The summed E-state index contributed by atoms with van der Waals surface area (Å²) in [6.07, 6.45) is 0. The Bertz CT molecular complexity index is 552. The number of carbonyl (C=O) groups is 1. The average molecular weight is 298 g/mol. The maximum absolute atomic E-state index is 10.7. The molecule has 0 fully saturated rings. The second-order valence-electron chi connectivity index (χ2n) is 3.11. The minimum atomic E-state index is -0.307. The molecule has 0 spiro atoms. The van der Waals surface area contributed by atoms with Crippen molar-refractivity contribution in [1.82, 2.24) is 0 Å². The number of benzene rings is 1. The molecule has 0 bridgehead atoms. The van der Waals surface area contributed by atoms with E-state index < -0.39 is 0 Å². The molecule has 1 aromatic heterocycles. The van der Waals surface area contributed by atoms with Gasteiger partial charge < -0.3 is 4.74 Å². The van der Waals surface area contributed by atoms with Crippen LogP contribution in [0.1, 0.15) is 20.8 Å². The molecule has 18 heavy (non-hydrogen) atoms. The summed E-state index contributed by atoms with van der Waals surface area (Å²) >= 11 is 5.08. The smallest absolute Gasteiger partial charge is 0.308 e. The molecule has 0 aliphatic rings. The molecule has 0 aliphatic heterocycles. The third-order valence-electron chi connectivity index (χ3n) is 1.86. The highest BCUT2D eigenvalue weighted by Gasteiger charge is 2.02. The first kappa shape index (κ1) is 15.0. The monoisotopic (exact) mass is 298 g/mol. The second-order valence-corrected chi connectivity index (χ2v) is 6.02. The van der Waals surface area contributed by atoms with E-state index in [2.05, 4.69) is 0 Å². The van der Waals surface area contributed by atoms with Crippen LogP contribution >= 0.6 is 32.9 Å². The van der Waals surface area contributed by atoms with Gasteiger partial charge in [-0.1, -0.05) is 46.7 Å². The van der Waals surface area contributed by atoms with E-state index in [0.29, 0.717) is 5.75 Å². The van der Waals surface area contributed by atoms with Gasteiger partial charge in [0.2, 0.25) is 0 Å². The van der Waals surface area contributed by atoms with Crippen molar-refractivity contribution in [3.63, 3.8) is 0 Å². The number of rotatable bonds is 2. The Hall–Kier alpha value is -1.04. The van der Waals surface area contributed by atoms with Crippen LogP contribution in [0.15, 0.2) is 30.3 Å². The lowest BCUT2D eigenvalue weighted by Gasteiger charge is -2.01. The molecule has 2 nitrogen and oxygen atoms in total. The summed E-state index contributed by atoms with van der Waals surface area (Å²) < 4.78 is 5.85. The van der Waals surface area contributed by atoms with Gasteiger partial charge in [0.25, 0.3) is 0 Å². The molecular weight excluding hydrogens is 284 g/mol. The molecule has 0 aliphatic carbocycles. The Morgan fingerprint density at radius 3 is 2.22 bits per heavy atom. The van der Waals surface area contributed by atoms with Crippen molar-refractivity contribution in [2.75, 3.05) is 0 Å². The Balaban J connectivity index is 0.000000771. The van der Waals surface area contributed by atoms with Crippen LogP contribution < -0.4 is 4.74 Å². The zero-order chi connectivity index (χ0) is 13.5. The summed E-state index contributed by atoms with van der Waals surface area (Å²) in [5, 5.41) is 0. The van der Waals surface area contributed by atoms with Gasteiger partial charge in [0.1, 0.15) is 9.57 Å². The van der Waals surface area contributed by atoms with Crippen molar-refractivity contribution in [3.05, 3.63) is 34.2 Å². The van der Waals surface area contributed by atoms with Crippen LogP contribution in [0.25, 0.3) is 10.4 Å². The van der Waals surface area contributed by atoms with Gasteiger partial charge in [0.15, 0.2) is 0 Å². The first-order valence-electron chi connectivity index (χ1n) is 5.54. The fraction of sp³-hybridized carbons (Fsp3) is 0.231. The molecule has 1 heterocycles. The Labute approximate surface area is 119 Å². The summed E-state index contributed by atoms with van der Waals surface area (Å²) in [7, 11) is 3.24. The molecule has 5 heteroatoms. The van der Waals surface area contributed by atoms with Crippen LogP contribution in [-0.4, -0.2) is 5.97 Å². The SMILES string of the molecule is CC.CC(=O)Oc1ccc(-c2cc(=S)ss2)cc1. The summed E-state index contributed by atoms with van der Waals surface area (Å²) in [5.41, 5.74) is 1.09. The zero-order valence-electron chi connectivity index (χ0n) is 10.4. The number of ether oxygens (including phenoxy) is 1. The fourth-order valence-electron chi connectivity index (χ4n) is 1.23. The Morgan fingerprint density at radius 1 is 1.17 bits per heavy atom. The van der Waals surface area contributed by atoms with Gasteiger partial charge in [-0.2, -0.15) is 0 Å². The van der Waals surface area contributed by atoms with E-state index in [-0.39, 0.29) is 5.97 Å². The standard InChI is InChI=1S/C11H8O2S3.C2H6/c1-7(12)13-9-4-2-8(3-5-9)10-6-11(14)16-15-10;1-2/h2-6H,1H3;1-2H3. The highest BCUT2D eigenvalue weighted by Crippen LogP contribution is 2.30. The topological polar surface area (TPSA) is 26.3 Å². The van der Waals surface area contributed by atoms with Gasteiger partial charge in [-0.15, -0.1) is 0 Å². The van der Waals surface area contributed by atoms with Crippen LogP contribution in [0.3, 0.4) is 0 Å². The number of hydrogen-bond acceptors (Lipinski definition) is 5. The predicted molar refractivity (Wildman–Crippen MR) is 81.1 cm³/mol. The van der Waals surface area contributed by atoms with E-state index in [1.54, 1.807) is 32.8 Å². The van der Waals surface area contributed by atoms with E-state index in [1.165, 1.54) is 6.92 Å². The lowest BCUT2D eigenvalue weighted by Crippen LogP contribution is -2.00. The van der Waals surface area contributed by atoms with E-state index in [4.69, 9.17) is 17.0 Å². The lowest BCUT2D eigenvalue weighted by atomic mass is 10.2. The van der Waals surface area contributed by atoms with Crippen LogP contribution in [0, 0.1) is 3.82 Å². The van der Waals surface area contributed by atoms with Crippen LogP contribution in [0.2, 0.25) is 0 Å². The summed E-state index contributed by atoms with van der Waals surface area (Å²) in [6, 6.07) is 9.39. The lowest BCUT2D eigenvalue weighted by molar-refractivity contribution is -0.131. The summed E-state index contributed by atoms with van der Waals surface area (Å²) in [6.45, 7) is 5.39. The van der Waals surface area contributed by atoms with Crippen LogP contribution in [-0.2, 0) is 4.79 Å². The third-order valence-corrected chi connectivity index (χ3v) is 4.77. The molecule has 0 saturated heterocycles. The van der Waals surface area contributed by atoms with E-state index in [9.17, 15) is 4.79 Å². The largest absolute Gasteiger partial charge is 0.427 e. The first-order valence-corrected chi connectivity index (χ1v) is 8.10. The minimum absolute atomic E-state index is 0.307. The molecule has 0 amide bonds. The second kappa shape index (κ2) is 7.41. The van der Waals surface area contributed by atoms with Crippen molar-refractivity contribution in [2.45, 2.75) is 20.8 Å². The molecule has 0 saturated carbocycles. The maximum Gasteiger partial charge on any atom is 0.308 e. The van der Waals surface area contributed by atoms with E-state index in [1.807, 2.05) is 32.0 Å². The quantitative estimate of drug-likeness (QED) is 0.331. The molecule has 2 aromatic rings. The fourth-order valence-corrected chi connectivity index (χ4v) is 3.63. The first-order chi connectivity index (χ1) is 8.65. The summed E-state index contributed by atoms with van der Waals surface area (Å²) in [4.78, 5) is 11.9. The van der Waals surface area contributed by atoms with Gasteiger partial charge >= 0.3 is 5.97 Å². The zero-order valence-corrected chi connectivity index (χ0v) is 12.9.